The fourth-order valence-electron chi connectivity index (χ4n) is 4.24. The lowest BCUT2D eigenvalue weighted by molar-refractivity contribution is -0.155. The van der Waals surface area contributed by atoms with Crippen LogP contribution in [0.2, 0.25) is 0 Å². The van der Waals surface area contributed by atoms with Crippen molar-refractivity contribution in [3.05, 3.63) is 101 Å². The second-order valence-electron chi connectivity index (χ2n) is 9.45. The molecule has 0 saturated carbocycles. The summed E-state index contributed by atoms with van der Waals surface area (Å²) in [5.41, 5.74) is 2.69. The van der Waals surface area contributed by atoms with Gasteiger partial charge in [0.15, 0.2) is 6.61 Å². The van der Waals surface area contributed by atoms with Gasteiger partial charge < -0.3 is 14.8 Å². The minimum absolute atomic E-state index is 0.202. The average Bonchev–Trinajstić information content (AvgIpc) is 3.41. The summed E-state index contributed by atoms with van der Waals surface area (Å²) < 4.78 is 23.8. The Hall–Kier alpha value is -4.53. The molecule has 3 aromatic rings. The molecule has 0 fully saturated rings. The highest BCUT2D eigenvalue weighted by Gasteiger charge is 2.34. The number of esters is 1. The Labute approximate surface area is 226 Å². The lowest BCUT2D eigenvalue weighted by Gasteiger charge is -2.24. The van der Waals surface area contributed by atoms with Crippen molar-refractivity contribution in [2.75, 3.05) is 13.7 Å². The normalized spacial score (nSPS) is 15.5. The number of hydrazone groups is 1. The first-order chi connectivity index (χ1) is 18.8. The summed E-state index contributed by atoms with van der Waals surface area (Å²) in [7, 11) is 1.58. The molecule has 4 rings (SSSR count). The molecule has 1 aliphatic rings. The van der Waals surface area contributed by atoms with Crippen LogP contribution in [0.25, 0.3) is 0 Å². The van der Waals surface area contributed by atoms with Gasteiger partial charge in [0.1, 0.15) is 17.6 Å². The lowest BCUT2D eigenvalue weighted by atomic mass is 9.98. The standard InChI is InChI=1S/C30H30FN3O5/c1-19(2)28(32-29(36)22-9-13-23(31)14-10-22)30(37)39-18-27(35)34-26(21-11-15-24(38-3)16-12-21)17-25(33-34)20-7-5-4-6-8-20/h4-16,19,26,28H,17-18H2,1-3H3,(H,32,36)/t26-,28-/m0/s1. The predicted octanol–water partition coefficient (Wildman–Crippen LogP) is 4.51. The van der Waals surface area contributed by atoms with E-state index in [1.54, 1.807) is 21.0 Å². The molecule has 0 saturated heterocycles. The molecule has 9 heteroatoms. The zero-order valence-electron chi connectivity index (χ0n) is 22.0. The Bertz CT molecular complexity index is 1340. The van der Waals surface area contributed by atoms with Gasteiger partial charge in [-0.2, -0.15) is 5.10 Å². The van der Waals surface area contributed by atoms with Crippen LogP contribution in [0, 0.1) is 11.7 Å². The molecule has 1 aliphatic heterocycles. The first-order valence-corrected chi connectivity index (χ1v) is 12.6. The smallest absolute Gasteiger partial charge is 0.329 e. The fraction of sp³-hybridized carbons (Fsp3) is 0.267. The molecular weight excluding hydrogens is 501 g/mol. The van der Waals surface area contributed by atoms with Crippen molar-refractivity contribution in [2.24, 2.45) is 11.0 Å². The van der Waals surface area contributed by atoms with E-state index in [1.807, 2.05) is 54.6 Å². The van der Waals surface area contributed by atoms with Crippen molar-refractivity contribution in [1.29, 1.82) is 0 Å². The van der Waals surface area contributed by atoms with Crippen LogP contribution < -0.4 is 10.1 Å². The minimum Gasteiger partial charge on any atom is -0.497 e. The maximum atomic E-state index is 13.3. The molecule has 1 N–H and O–H groups in total. The van der Waals surface area contributed by atoms with Crippen LogP contribution in [-0.4, -0.2) is 48.3 Å². The molecular formula is C30H30FN3O5. The van der Waals surface area contributed by atoms with Crippen LogP contribution in [0.3, 0.4) is 0 Å². The van der Waals surface area contributed by atoms with E-state index in [-0.39, 0.29) is 11.5 Å². The molecule has 0 aliphatic carbocycles. The second kappa shape index (κ2) is 12.3. The molecule has 0 unspecified atom stereocenters. The number of carbonyl (C=O) groups excluding carboxylic acids is 3. The van der Waals surface area contributed by atoms with Crippen molar-refractivity contribution < 1.29 is 28.2 Å². The van der Waals surface area contributed by atoms with Gasteiger partial charge in [0.2, 0.25) is 0 Å². The molecule has 0 radical (unpaired) electrons. The van der Waals surface area contributed by atoms with E-state index in [9.17, 15) is 18.8 Å². The molecule has 0 aromatic heterocycles. The Morgan fingerprint density at radius 1 is 1.00 bits per heavy atom. The van der Waals surface area contributed by atoms with Gasteiger partial charge >= 0.3 is 5.97 Å². The van der Waals surface area contributed by atoms with Gasteiger partial charge in [-0.05, 0) is 53.4 Å². The van der Waals surface area contributed by atoms with Crippen LogP contribution in [0.4, 0.5) is 4.39 Å². The number of halogens is 1. The van der Waals surface area contributed by atoms with E-state index in [4.69, 9.17) is 9.47 Å². The quantitative estimate of drug-likeness (QED) is 0.410. The summed E-state index contributed by atoms with van der Waals surface area (Å²) >= 11 is 0. The van der Waals surface area contributed by atoms with E-state index in [0.717, 1.165) is 29.0 Å². The van der Waals surface area contributed by atoms with Crippen LogP contribution in [0.15, 0.2) is 84.0 Å². The van der Waals surface area contributed by atoms with Gasteiger partial charge in [-0.1, -0.05) is 56.3 Å². The Kier molecular flexibility index (Phi) is 8.70. The Morgan fingerprint density at radius 2 is 1.67 bits per heavy atom. The Balaban J connectivity index is 1.47. The number of benzene rings is 3. The maximum absolute atomic E-state index is 13.3. The molecule has 202 valence electrons. The fourth-order valence-corrected chi connectivity index (χ4v) is 4.24. The van der Waals surface area contributed by atoms with Crippen molar-refractivity contribution in [1.82, 2.24) is 10.3 Å². The zero-order chi connectivity index (χ0) is 27.9. The van der Waals surface area contributed by atoms with Gasteiger partial charge in [-0.25, -0.2) is 14.2 Å². The lowest BCUT2D eigenvalue weighted by Crippen LogP contribution is -2.46. The van der Waals surface area contributed by atoms with Gasteiger partial charge in [0, 0.05) is 12.0 Å². The van der Waals surface area contributed by atoms with Gasteiger partial charge in [-0.15, -0.1) is 0 Å². The molecule has 0 spiro atoms. The summed E-state index contributed by atoms with van der Waals surface area (Å²) in [4.78, 5) is 38.8. The summed E-state index contributed by atoms with van der Waals surface area (Å²) in [5, 5.41) is 8.55. The number of amides is 2. The maximum Gasteiger partial charge on any atom is 0.329 e. The highest BCUT2D eigenvalue weighted by molar-refractivity contribution is 6.03. The number of hydrogen-bond acceptors (Lipinski definition) is 6. The van der Waals surface area contributed by atoms with Crippen LogP contribution in [0.5, 0.6) is 5.75 Å². The minimum atomic E-state index is -1.00. The first-order valence-electron chi connectivity index (χ1n) is 12.6. The number of nitrogens with one attached hydrogen (secondary N) is 1. The summed E-state index contributed by atoms with van der Waals surface area (Å²) in [5.74, 6) is -1.90. The third-order valence-corrected chi connectivity index (χ3v) is 6.42. The van der Waals surface area contributed by atoms with E-state index in [2.05, 4.69) is 10.4 Å². The van der Waals surface area contributed by atoms with Gasteiger partial charge in [-0.3, -0.25) is 9.59 Å². The molecule has 39 heavy (non-hydrogen) atoms. The van der Waals surface area contributed by atoms with Crippen LogP contribution in [-0.2, 0) is 14.3 Å². The largest absolute Gasteiger partial charge is 0.497 e. The zero-order valence-corrected chi connectivity index (χ0v) is 22.0. The van der Waals surface area contributed by atoms with Gasteiger partial charge in [0.25, 0.3) is 11.8 Å². The monoisotopic (exact) mass is 531 g/mol. The number of ether oxygens (including phenoxy) is 2. The van der Waals surface area contributed by atoms with E-state index in [1.165, 1.54) is 17.1 Å². The average molecular weight is 532 g/mol. The molecule has 2 atom stereocenters. The topological polar surface area (TPSA) is 97.3 Å². The molecule has 0 bridgehead atoms. The predicted molar refractivity (Wildman–Crippen MR) is 144 cm³/mol. The van der Waals surface area contributed by atoms with Gasteiger partial charge in [0.05, 0.1) is 18.9 Å². The highest BCUT2D eigenvalue weighted by Crippen LogP contribution is 2.33. The molecule has 1 heterocycles. The van der Waals surface area contributed by atoms with Crippen LogP contribution in [0.1, 0.15) is 47.8 Å². The van der Waals surface area contributed by atoms with Crippen LogP contribution >= 0.6 is 0 Å². The first kappa shape index (κ1) is 27.5. The van der Waals surface area contributed by atoms with E-state index < -0.39 is 42.3 Å². The van der Waals surface area contributed by atoms with Crippen molar-refractivity contribution in [2.45, 2.75) is 32.4 Å². The highest BCUT2D eigenvalue weighted by atomic mass is 19.1. The third kappa shape index (κ3) is 6.67. The number of rotatable bonds is 9. The van der Waals surface area contributed by atoms with Crippen molar-refractivity contribution in [3.8, 4) is 5.75 Å². The number of hydrogen-bond donors (Lipinski definition) is 1. The van der Waals surface area contributed by atoms with E-state index in [0.29, 0.717) is 12.2 Å². The second-order valence-corrected chi connectivity index (χ2v) is 9.45. The number of methoxy groups -OCH3 is 1. The van der Waals surface area contributed by atoms with E-state index >= 15 is 0 Å². The number of carbonyl (C=O) groups is 3. The summed E-state index contributed by atoms with van der Waals surface area (Å²) in [6, 6.07) is 20.5. The summed E-state index contributed by atoms with van der Waals surface area (Å²) in [6.07, 6.45) is 0.484. The number of nitrogens with zero attached hydrogens (tertiary/aromatic N) is 2. The third-order valence-electron chi connectivity index (χ3n) is 6.42. The summed E-state index contributed by atoms with van der Waals surface area (Å²) in [6.45, 7) is 2.94. The SMILES string of the molecule is COc1ccc([C@@H]2CC(c3ccccc3)=NN2C(=O)COC(=O)[C@@H](NC(=O)c2ccc(F)cc2)C(C)C)cc1. The molecule has 2 amide bonds. The molecule has 3 aromatic carbocycles. The Morgan fingerprint density at radius 3 is 2.28 bits per heavy atom. The van der Waals surface area contributed by atoms with Crippen molar-refractivity contribution in [3.63, 3.8) is 0 Å². The molecule has 8 nitrogen and oxygen atoms in total. The van der Waals surface area contributed by atoms with Crippen molar-refractivity contribution >= 4 is 23.5 Å².